The Kier molecular flexibility index (Phi) is 7.03. The molecule has 1 aromatic carbocycles. The van der Waals surface area contributed by atoms with Gasteiger partial charge in [-0.1, -0.05) is 23.4 Å². The van der Waals surface area contributed by atoms with Gasteiger partial charge < -0.3 is 31.2 Å². The van der Waals surface area contributed by atoms with Crippen LogP contribution < -0.4 is 16.2 Å². The summed E-state index contributed by atoms with van der Waals surface area (Å²) >= 11 is 1.08. The second-order valence-corrected chi connectivity index (χ2v) is 9.71. The highest BCUT2D eigenvalue weighted by molar-refractivity contribution is 7.19. The first-order valence-electron chi connectivity index (χ1n) is 10.9. The molecule has 13 heteroatoms. The van der Waals surface area contributed by atoms with Crippen molar-refractivity contribution in [2.45, 2.75) is 32.1 Å². The van der Waals surface area contributed by atoms with Crippen LogP contribution in [0.15, 0.2) is 48.7 Å². The normalized spacial score (nSPS) is 12.4. The predicted octanol–water partition coefficient (Wildman–Crippen LogP) is 1.44. The molecule has 0 fully saturated rings. The number of carboxylic acids is 1. The Balaban J connectivity index is 1.61. The summed E-state index contributed by atoms with van der Waals surface area (Å²) in [7, 11) is 0. The molecule has 11 nitrogen and oxygen atoms in total. The van der Waals surface area contributed by atoms with E-state index in [1.54, 1.807) is 32.0 Å². The molecule has 3 heterocycles. The number of nitrogens with two attached hydrogens (primary N) is 1. The largest absolute Gasteiger partial charge is 0.548 e. The van der Waals surface area contributed by atoms with Crippen LogP contribution in [0.2, 0.25) is 0 Å². The van der Waals surface area contributed by atoms with Gasteiger partial charge in [-0.3, -0.25) is 4.79 Å². The molecule has 1 unspecified atom stereocenters. The number of nitrogens with zero attached hydrogens (tertiary/aromatic N) is 4. The van der Waals surface area contributed by atoms with Crippen molar-refractivity contribution in [2.75, 3.05) is 5.32 Å². The maximum atomic E-state index is 14.9. The number of aromatic nitrogens is 4. The minimum atomic E-state index is -1.36. The van der Waals surface area contributed by atoms with Gasteiger partial charge in [-0.25, -0.2) is 14.1 Å². The van der Waals surface area contributed by atoms with Crippen molar-refractivity contribution in [3.8, 4) is 10.4 Å². The molecule has 0 radical (unpaired) electrons. The zero-order chi connectivity index (χ0) is 26.9. The molecule has 0 aliphatic rings. The highest BCUT2D eigenvalue weighted by Gasteiger charge is 2.22. The van der Waals surface area contributed by atoms with Gasteiger partial charge in [0.25, 0.3) is 5.91 Å². The monoisotopic (exact) mass is 525 g/mol. The van der Waals surface area contributed by atoms with Crippen LogP contribution in [0.4, 0.5) is 15.2 Å². The number of anilines is 2. The average Bonchev–Trinajstić information content (AvgIpc) is 3.45. The number of hydrogen-bond acceptors (Lipinski definition) is 10. The molecule has 0 bridgehead atoms. The van der Waals surface area contributed by atoms with Crippen molar-refractivity contribution in [1.29, 1.82) is 0 Å². The van der Waals surface area contributed by atoms with E-state index >= 15 is 0 Å². The molecule has 1 atom stereocenters. The summed E-state index contributed by atoms with van der Waals surface area (Å²) in [6.45, 7) is 2.58. The fourth-order valence-corrected chi connectivity index (χ4v) is 4.58. The quantitative estimate of drug-likeness (QED) is 0.251. The summed E-state index contributed by atoms with van der Waals surface area (Å²) in [4.78, 5) is 27.6. The zero-order valence-corrected chi connectivity index (χ0v) is 20.5. The van der Waals surface area contributed by atoms with E-state index in [0.717, 1.165) is 16.0 Å². The first-order valence-corrected chi connectivity index (χ1v) is 11.7. The topological polar surface area (TPSA) is 179 Å². The Bertz CT molecular complexity index is 1480. The number of aliphatic hydroxyl groups excluding tert-OH is 1. The number of aliphatic hydroxyl groups is 2. The maximum Gasteiger partial charge on any atom is 0.251 e. The van der Waals surface area contributed by atoms with Crippen molar-refractivity contribution < 1.29 is 29.3 Å². The van der Waals surface area contributed by atoms with Gasteiger partial charge >= 0.3 is 0 Å². The first-order chi connectivity index (χ1) is 17.4. The summed E-state index contributed by atoms with van der Waals surface area (Å²) in [5, 5.41) is 42.2. The van der Waals surface area contributed by atoms with Crippen LogP contribution in [0.5, 0.6) is 0 Å². The molecule has 4 aromatic rings. The predicted molar refractivity (Wildman–Crippen MR) is 130 cm³/mol. The van der Waals surface area contributed by atoms with Crippen LogP contribution in [-0.4, -0.2) is 42.1 Å². The van der Waals surface area contributed by atoms with E-state index in [-0.39, 0.29) is 28.3 Å². The molecular formula is C24H22FN6O5S-. The third kappa shape index (κ3) is 5.80. The van der Waals surface area contributed by atoms with Gasteiger partial charge in [0, 0.05) is 10.4 Å². The Morgan fingerprint density at radius 2 is 2.00 bits per heavy atom. The minimum Gasteiger partial charge on any atom is -0.548 e. The van der Waals surface area contributed by atoms with Gasteiger partial charge in [-0.05, 0) is 43.7 Å². The molecule has 4 rings (SSSR count). The van der Waals surface area contributed by atoms with Crippen LogP contribution in [0.3, 0.4) is 0 Å². The summed E-state index contributed by atoms with van der Waals surface area (Å²) in [5.74, 6) is -2.41. The number of benzene rings is 1. The summed E-state index contributed by atoms with van der Waals surface area (Å²) in [5.41, 5.74) is 5.32. The highest BCUT2D eigenvalue weighted by atomic mass is 32.1. The molecule has 0 saturated heterocycles. The first kappa shape index (κ1) is 25.9. The smallest absolute Gasteiger partial charge is 0.251 e. The molecule has 0 aliphatic heterocycles. The number of primary amides is 1. The Hall–Kier alpha value is -4.20. The number of pyridine rings is 1. The molecule has 0 aliphatic carbocycles. The van der Waals surface area contributed by atoms with Gasteiger partial charge in [-0.2, -0.15) is 0 Å². The van der Waals surface area contributed by atoms with Gasteiger partial charge in [0.05, 0.1) is 35.6 Å². The van der Waals surface area contributed by atoms with E-state index in [4.69, 9.17) is 5.73 Å². The second-order valence-electron chi connectivity index (χ2n) is 8.66. The van der Waals surface area contributed by atoms with E-state index in [0.29, 0.717) is 15.4 Å². The number of carbonyl (C=O) groups is 2. The van der Waals surface area contributed by atoms with Crippen molar-refractivity contribution in [3.63, 3.8) is 0 Å². The number of nitrogens with one attached hydrogen (secondary N) is 1. The highest BCUT2D eigenvalue weighted by Crippen LogP contribution is 2.39. The number of carboxylic acid groups (broad SMARTS) is 1. The van der Waals surface area contributed by atoms with Crippen molar-refractivity contribution in [3.05, 3.63) is 77.0 Å². The molecule has 1 amide bonds. The lowest BCUT2D eigenvalue weighted by molar-refractivity contribution is -0.306. The fourth-order valence-electron chi connectivity index (χ4n) is 3.48. The van der Waals surface area contributed by atoms with E-state index in [1.807, 2.05) is 0 Å². The Morgan fingerprint density at radius 3 is 2.65 bits per heavy atom. The van der Waals surface area contributed by atoms with Crippen LogP contribution in [0.1, 0.15) is 47.3 Å². The standard InChI is InChI=1S/C24H23FN6O5S/c1-24(2,36)12-6-7-13(15(25)8-12)18-9-14(22(26)35)23(37-18)28-19-5-3-4-16(27-19)21(34)17-10-31(30-29-17)11-20(32)33/h3-10,21,34,36H,11H2,1-2H3,(H2,26,35)(H,27,28)(H,32,33)/p-1. The van der Waals surface area contributed by atoms with Crippen LogP contribution in [-0.2, 0) is 16.9 Å². The summed E-state index contributed by atoms with van der Waals surface area (Å²) in [6, 6.07) is 10.5. The van der Waals surface area contributed by atoms with Crippen LogP contribution in [0.25, 0.3) is 10.4 Å². The number of thiophene rings is 1. The van der Waals surface area contributed by atoms with E-state index in [9.17, 15) is 29.3 Å². The van der Waals surface area contributed by atoms with Crippen LogP contribution >= 0.6 is 11.3 Å². The lowest BCUT2D eigenvalue weighted by Crippen LogP contribution is -2.27. The van der Waals surface area contributed by atoms with Gasteiger partial charge in [-0.15, -0.1) is 16.4 Å². The molecular weight excluding hydrogens is 503 g/mol. The summed E-state index contributed by atoms with van der Waals surface area (Å²) in [6.07, 6.45) is -0.0494. The van der Waals surface area contributed by atoms with Gasteiger partial charge in [0.2, 0.25) is 0 Å². The summed E-state index contributed by atoms with van der Waals surface area (Å²) < 4.78 is 15.9. The molecule has 5 N–H and O–H groups in total. The molecule has 0 spiro atoms. The van der Waals surface area contributed by atoms with Crippen molar-refractivity contribution in [2.24, 2.45) is 5.73 Å². The number of rotatable bonds is 9. The number of carbonyl (C=O) groups excluding carboxylic acids is 2. The van der Waals surface area contributed by atoms with E-state index < -0.39 is 35.9 Å². The second kappa shape index (κ2) is 10.0. The average molecular weight is 526 g/mol. The maximum absolute atomic E-state index is 14.9. The molecule has 37 heavy (non-hydrogen) atoms. The minimum absolute atomic E-state index is 0.0760. The van der Waals surface area contributed by atoms with Crippen molar-refractivity contribution in [1.82, 2.24) is 20.0 Å². The van der Waals surface area contributed by atoms with E-state index in [1.165, 1.54) is 30.5 Å². The molecule has 192 valence electrons. The van der Waals surface area contributed by atoms with Crippen molar-refractivity contribution >= 4 is 34.0 Å². The van der Waals surface area contributed by atoms with Crippen LogP contribution in [0, 0.1) is 5.82 Å². The third-order valence-electron chi connectivity index (χ3n) is 5.36. The fraction of sp³-hybridized carbons (Fsp3) is 0.208. The van der Waals surface area contributed by atoms with Gasteiger partial charge in [0.15, 0.2) is 0 Å². The Morgan fingerprint density at radius 1 is 1.24 bits per heavy atom. The molecule has 3 aromatic heterocycles. The number of halogens is 1. The number of aliphatic carboxylic acids is 1. The lowest BCUT2D eigenvalue weighted by Gasteiger charge is -2.18. The zero-order valence-electron chi connectivity index (χ0n) is 19.7. The molecule has 0 saturated carbocycles. The number of hydrogen-bond donors (Lipinski definition) is 4. The number of amides is 1. The third-order valence-corrected chi connectivity index (χ3v) is 6.44. The van der Waals surface area contributed by atoms with Gasteiger partial charge in [0.1, 0.15) is 28.4 Å². The van der Waals surface area contributed by atoms with E-state index in [2.05, 4.69) is 20.6 Å². The Labute approximate surface area is 214 Å². The lowest BCUT2D eigenvalue weighted by atomic mass is 9.96. The SMILES string of the molecule is CC(C)(O)c1ccc(-c2cc(C(N)=O)c(Nc3cccc(C(O)c4cn(CC(=O)[O-])nn4)n3)s2)c(F)c1.